The van der Waals surface area contributed by atoms with Crippen LogP contribution in [-0.2, 0) is 0 Å². The van der Waals surface area contributed by atoms with Gasteiger partial charge in [-0.3, -0.25) is 0 Å². The minimum atomic E-state index is 0.0117. The molecule has 0 atom stereocenters. The summed E-state index contributed by atoms with van der Waals surface area (Å²) in [6, 6.07) is 4.14. The van der Waals surface area contributed by atoms with Crippen molar-refractivity contribution in [1.82, 2.24) is 0 Å². The van der Waals surface area contributed by atoms with Crippen LogP contribution in [0, 0.1) is 5.21 Å². The van der Waals surface area contributed by atoms with Gasteiger partial charge >= 0.3 is 0 Å². The van der Waals surface area contributed by atoms with Crippen LogP contribution in [0.25, 0.3) is 0 Å². The molecule has 0 radical (unpaired) electrons. The van der Waals surface area contributed by atoms with E-state index in [9.17, 15) is 5.21 Å². The molecule has 64 valence electrons. The molecule has 0 spiro atoms. The van der Waals surface area contributed by atoms with Crippen LogP contribution in [0.1, 0.15) is 0 Å². The number of halogens is 2. The summed E-state index contributed by atoms with van der Waals surface area (Å²) in [5.74, 6) is 0. The maximum absolute atomic E-state index is 10.7. The molecule has 0 fully saturated rings. The van der Waals surface area contributed by atoms with Crippen molar-refractivity contribution >= 4 is 28.9 Å². The summed E-state index contributed by atoms with van der Waals surface area (Å²) < 4.78 is 0. The number of benzene rings is 1. The minimum absolute atomic E-state index is 0.0117. The van der Waals surface area contributed by atoms with Crippen LogP contribution in [0.3, 0.4) is 0 Å². The standard InChI is InChI=1S/C6H4Cl2N2O2/c7-4-1-5(8)3-6(2-4)10(12)9-11/h1-3,11H/b10-9-. The average molecular weight is 207 g/mol. The van der Waals surface area contributed by atoms with Gasteiger partial charge in [-0.05, 0) is 10.9 Å². The third-order valence-electron chi connectivity index (χ3n) is 1.15. The molecule has 4 nitrogen and oxygen atoms in total. The molecule has 1 N–H and O–H groups in total. The molecule has 0 aliphatic rings. The summed E-state index contributed by atoms with van der Waals surface area (Å²) in [5.41, 5.74) is 0.0787. The molecular weight excluding hydrogens is 203 g/mol. The average Bonchev–Trinajstić information content (AvgIpc) is 2.01. The Labute approximate surface area is 78.2 Å². The number of rotatable bonds is 1. The lowest BCUT2D eigenvalue weighted by atomic mass is 10.3. The SMILES string of the molecule is [O-]/[N+](=N\O)c1cc(Cl)cc(Cl)c1. The number of hydrogen-bond acceptors (Lipinski definition) is 2. The zero-order valence-corrected chi connectivity index (χ0v) is 7.25. The van der Waals surface area contributed by atoms with Crippen LogP contribution in [0.2, 0.25) is 10.0 Å². The van der Waals surface area contributed by atoms with Crippen molar-refractivity contribution in [3.05, 3.63) is 33.5 Å². The summed E-state index contributed by atoms with van der Waals surface area (Å²) in [5, 5.41) is 21.8. The van der Waals surface area contributed by atoms with Gasteiger partial charge in [0.15, 0.2) is 0 Å². The molecule has 0 saturated heterocycles. The lowest BCUT2D eigenvalue weighted by Crippen LogP contribution is -1.89. The van der Waals surface area contributed by atoms with E-state index < -0.39 is 0 Å². The van der Waals surface area contributed by atoms with Gasteiger partial charge in [-0.2, -0.15) is 0 Å². The van der Waals surface area contributed by atoms with Crippen LogP contribution in [0.4, 0.5) is 5.69 Å². The highest BCUT2D eigenvalue weighted by Crippen LogP contribution is 2.23. The number of nitrogens with zero attached hydrogens (tertiary/aromatic N) is 2. The summed E-state index contributed by atoms with van der Waals surface area (Å²) in [7, 11) is 0. The Bertz CT molecular complexity index is 307. The van der Waals surface area contributed by atoms with E-state index >= 15 is 0 Å². The van der Waals surface area contributed by atoms with E-state index in [0.29, 0.717) is 10.0 Å². The lowest BCUT2D eigenvalue weighted by Gasteiger charge is -1.97. The van der Waals surface area contributed by atoms with Gasteiger partial charge in [-0.25, -0.2) is 0 Å². The first kappa shape index (κ1) is 9.09. The van der Waals surface area contributed by atoms with E-state index in [4.69, 9.17) is 28.4 Å². The zero-order chi connectivity index (χ0) is 9.14. The highest BCUT2D eigenvalue weighted by atomic mass is 35.5. The Morgan fingerprint density at radius 2 is 1.75 bits per heavy atom. The molecule has 1 aromatic carbocycles. The van der Waals surface area contributed by atoms with Gasteiger partial charge in [0.2, 0.25) is 5.28 Å². The zero-order valence-electron chi connectivity index (χ0n) is 5.74. The summed E-state index contributed by atoms with van der Waals surface area (Å²) in [6.45, 7) is 0. The van der Waals surface area contributed by atoms with E-state index in [2.05, 4.69) is 5.28 Å². The van der Waals surface area contributed by atoms with Crippen molar-refractivity contribution in [3.8, 4) is 0 Å². The normalized spacial score (nSPS) is 11.7. The molecule has 0 aliphatic carbocycles. The molecular formula is C6H4Cl2N2O2. The molecule has 6 heteroatoms. The second kappa shape index (κ2) is 3.60. The quantitative estimate of drug-likeness (QED) is 0.437. The summed E-state index contributed by atoms with van der Waals surface area (Å²) in [6.07, 6.45) is 0. The van der Waals surface area contributed by atoms with Gasteiger partial charge in [-0.1, -0.05) is 23.2 Å². The van der Waals surface area contributed by atoms with Gasteiger partial charge in [0.05, 0.1) is 0 Å². The molecule has 1 aromatic rings. The molecule has 0 bridgehead atoms. The van der Waals surface area contributed by atoms with Gasteiger partial charge in [0.1, 0.15) is 0 Å². The highest BCUT2D eigenvalue weighted by Gasteiger charge is 2.06. The first-order valence-electron chi connectivity index (χ1n) is 2.92. The third-order valence-corrected chi connectivity index (χ3v) is 1.59. The van der Waals surface area contributed by atoms with Crippen molar-refractivity contribution in [2.24, 2.45) is 5.28 Å². The van der Waals surface area contributed by atoms with E-state index in [0.717, 1.165) is 0 Å². The van der Waals surface area contributed by atoms with Crippen LogP contribution < -0.4 is 0 Å². The van der Waals surface area contributed by atoms with E-state index in [1.807, 2.05) is 0 Å². The summed E-state index contributed by atoms with van der Waals surface area (Å²) in [4.78, 5) is 0.0117. The van der Waals surface area contributed by atoms with Crippen molar-refractivity contribution < 1.29 is 10.1 Å². The second-order valence-electron chi connectivity index (χ2n) is 1.99. The van der Waals surface area contributed by atoms with Crippen LogP contribution in [0.15, 0.2) is 23.5 Å². The molecule has 0 aromatic heterocycles. The van der Waals surface area contributed by atoms with Crippen molar-refractivity contribution in [2.45, 2.75) is 0 Å². The second-order valence-corrected chi connectivity index (χ2v) is 2.86. The number of hydrogen-bond donors (Lipinski definition) is 1. The van der Waals surface area contributed by atoms with Crippen molar-refractivity contribution in [3.63, 3.8) is 0 Å². The molecule has 0 aliphatic heterocycles. The first-order valence-corrected chi connectivity index (χ1v) is 3.67. The minimum Gasteiger partial charge on any atom is -0.592 e. The molecule has 0 heterocycles. The Morgan fingerprint density at radius 3 is 2.17 bits per heavy atom. The third kappa shape index (κ3) is 1.99. The Balaban J connectivity index is 3.17. The topological polar surface area (TPSA) is 58.7 Å². The molecule has 0 unspecified atom stereocenters. The fourth-order valence-electron chi connectivity index (χ4n) is 0.701. The van der Waals surface area contributed by atoms with Gasteiger partial charge in [0, 0.05) is 22.2 Å². The summed E-state index contributed by atoms with van der Waals surface area (Å²) >= 11 is 11.2. The first-order chi connectivity index (χ1) is 5.63. The predicted molar refractivity (Wildman–Crippen MR) is 44.0 cm³/mol. The van der Waals surface area contributed by atoms with E-state index in [1.165, 1.54) is 18.2 Å². The smallest absolute Gasteiger partial charge is 0.251 e. The Kier molecular flexibility index (Phi) is 2.73. The van der Waals surface area contributed by atoms with Crippen LogP contribution >= 0.6 is 23.2 Å². The van der Waals surface area contributed by atoms with Gasteiger partial charge in [0.25, 0.3) is 5.69 Å². The highest BCUT2D eigenvalue weighted by molar-refractivity contribution is 6.34. The molecule has 12 heavy (non-hydrogen) atoms. The molecule has 0 saturated carbocycles. The van der Waals surface area contributed by atoms with Crippen LogP contribution in [0.5, 0.6) is 0 Å². The van der Waals surface area contributed by atoms with Gasteiger partial charge in [-0.15, -0.1) is 0 Å². The van der Waals surface area contributed by atoms with Crippen molar-refractivity contribution in [1.29, 1.82) is 0 Å². The lowest BCUT2D eigenvalue weighted by molar-refractivity contribution is -0.473. The Morgan fingerprint density at radius 1 is 1.25 bits per heavy atom. The maximum atomic E-state index is 10.7. The van der Waals surface area contributed by atoms with E-state index in [-0.39, 0.29) is 10.5 Å². The molecule has 1 rings (SSSR count). The van der Waals surface area contributed by atoms with Gasteiger partial charge < -0.3 is 10.4 Å². The molecule has 0 amide bonds. The monoisotopic (exact) mass is 206 g/mol. The fourth-order valence-corrected chi connectivity index (χ4v) is 1.22. The maximum Gasteiger partial charge on any atom is 0.251 e. The van der Waals surface area contributed by atoms with E-state index in [1.54, 1.807) is 0 Å². The Hall–Kier alpha value is -1.000. The fraction of sp³-hybridized carbons (Fsp3) is 0. The predicted octanol–water partition coefficient (Wildman–Crippen LogP) is 2.98. The largest absolute Gasteiger partial charge is 0.592 e. The van der Waals surface area contributed by atoms with Crippen molar-refractivity contribution in [2.75, 3.05) is 0 Å². The van der Waals surface area contributed by atoms with Crippen LogP contribution in [-0.4, -0.2) is 10.1 Å².